The molecule has 3 aromatic carbocycles. The molecule has 3 rings (SSSR count). The van der Waals surface area contributed by atoms with Gasteiger partial charge >= 0.3 is 11.9 Å². The average molecular weight is 599 g/mol. The minimum atomic E-state index is -0.264. The molecule has 0 saturated carbocycles. The van der Waals surface area contributed by atoms with Crippen molar-refractivity contribution in [3.8, 4) is 22.3 Å². The van der Waals surface area contributed by atoms with Gasteiger partial charge in [-0.05, 0) is 83.0 Å². The fourth-order valence-electron chi connectivity index (χ4n) is 5.36. The van der Waals surface area contributed by atoms with E-state index in [-0.39, 0.29) is 11.9 Å². The van der Waals surface area contributed by atoms with Gasteiger partial charge in [0.2, 0.25) is 0 Å². The van der Waals surface area contributed by atoms with Crippen LogP contribution in [0.25, 0.3) is 22.3 Å². The lowest BCUT2D eigenvalue weighted by atomic mass is 9.97. The van der Waals surface area contributed by atoms with Crippen molar-refractivity contribution < 1.29 is 19.1 Å². The van der Waals surface area contributed by atoms with E-state index in [4.69, 9.17) is 9.47 Å². The zero-order valence-corrected chi connectivity index (χ0v) is 27.9. The van der Waals surface area contributed by atoms with E-state index >= 15 is 0 Å². The molecular weight excluding hydrogens is 544 g/mol. The lowest BCUT2D eigenvalue weighted by Gasteiger charge is -2.13. The molecule has 0 aliphatic carbocycles. The largest absolute Gasteiger partial charge is 0.462 e. The van der Waals surface area contributed by atoms with Gasteiger partial charge in [-0.2, -0.15) is 0 Å². The van der Waals surface area contributed by atoms with Crippen molar-refractivity contribution in [2.24, 2.45) is 23.7 Å². The van der Waals surface area contributed by atoms with E-state index in [1.807, 2.05) is 48.5 Å². The van der Waals surface area contributed by atoms with Crippen molar-refractivity contribution in [1.82, 2.24) is 0 Å². The van der Waals surface area contributed by atoms with Gasteiger partial charge in [0.15, 0.2) is 0 Å². The lowest BCUT2D eigenvalue weighted by Crippen LogP contribution is -2.09. The Morgan fingerprint density at radius 1 is 0.455 bits per heavy atom. The van der Waals surface area contributed by atoms with Gasteiger partial charge in [-0.15, -0.1) is 0 Å². The summed E-state index contributed by atoms with van der Waals surface area (Å²) in [7, 11) is 0. The highest BCUT2D eigenvalue weighted by molar-refractivity contribution is 5.91. The van der Waals surface area contributed by atoms with E-state index in [9.17, 15) is 9.59 Å². The zero-order chi connectivity index (χ0) is 31.9. The van der Waals surface area contributed by atoms with Gasteiger partial charge < -0.3 is 9.47 Å². The Morgan fingerprint density at radius 3 is 1.05 bits per heavy atom. The number of ether oxygens (including phenoxy) is 2. The third-order valence-electron chi connectivity index (χ3n) is 8.44. The van der Waals surface area contributed by atoms with Crippen LogP contribution in [0.1, 0.15) is 114 Å². The molecule has 0 saturated heterocycles. The highest BCUT2D eigenvalue weighted by Crippen LogP contribution is 2.26. The fraction of sp³-hybridized carbons (Fsp3) is 0.500. The van der Waals surface area contributed by atoms with Crippen LogP contribution < -0.4 is 0 Å². The highest BCUT2D eigenvalue weighted by atomic mass is 16.5. The van der Waals surface area contributed by atoms with Crippen LogP contribution in [0.3, 0.4) is 0 Å². The SMILES string of the molecule is CC(C)CCCC(C)CCOC(=O)c1ccc(-c2ccc(-c3ccc(C(=O)OCCC(C)CCCC(C)C)cc3)cc2)cc1. The summed E-state index contributed by atoms with van der Waals surface area (Å²) in [6.07, 6.45) is 9.14. The van der Waals surface area contributed by atoms with Crippen molar-refractivity contribution in [3.05, 3.63) is 83.9 Å². The van der Waals surface area contributed by atoms with E-state index in [0.717, 1.165) is 46.9 Å². The molecule has 0 spiro atoms. The van der Waals surface area contributed by atoms with Gasteiger partial charge in [0.1, 0.15) is 0 Å². The number of carbonyl (C=O) groups is 2. The molecule has 2 atom stereocenters. The second kappa shape index (κ2) is 18.4. The maximum Gasteiger partial charge on any atom is 0.338 e. The minimum absolute atomic E-state index is 0.264. The number of hydrogen-bond acceptors (Lipinski definition) is 4. The Hall–Kier alpha value is -3.40. The van der Waals surface area contributed by atoms with Crippen LogP contribution in [0, 0.1) is 23.7 Å². The molecule has 44 heavy (non-hydrogen) atoms. The molecule has 0 heterocycles. The molecule has 0 aliphatic heterocycles. The summed E-state index contributed by atoms with van der Waals surface area (Å²) < 4.78 is 11.1. The van der Waals surface area contributed by atoms with Crippen LogP contribution in [0.5, 0.6) is 0 Å². The quantitative estimate of drug-likeness (QED) is 0.137. The average Bonchev–Trinajstić information content (AvgIpc) is 3.01. The maximum atomic E-state index is 12.5. The molecule has 3 aromatic rings. The first kappa shape index (κ1) is 35.1. The monoisotopic (exact) mass is 598 g/mol. The van der Waals surface area contributed by atoms with Crippen LogP contribution in [0.2, 0.25) is 0 Å². The Kier molecular flexibility index (Phi) is 14.7. The van der Waals surface area contributed by atoms with Crippen LogP contribution in [-0.2, 0) is 9.47 Å². The van der Waals surface area contributed by atoms with Crippen molar-refractivity contribution in [2.45, 2.75) is 92.9 Å². The second-order valence-electron chi connectivity index (χ2n) is 13.4. The molecular formula is C40H54O4. The molecule has 0 aliphatic rings. The van der Waals surface area contributed by atoms with E-state index < -0.39 is 0 Å². The van der Waals surface area contributed by atoms with E-state index in [1.165, 1.54) is 38.5 Å². The molecule has 4 heteroatoms. The van der Waals surface area contributed by atoms with Crippen molar-refractivity contribution >= 4 is 11.9 Å². The Bertz CT molecular complexity index is 1160. The van der Waals surface area contributed by atoms with Gasteiger partial charge in [0, 0.05) is 0 Å². The second-order valence-corrected chi connectivity index (χ2v) is 13.4. The fourth-order valence-corrected chi connectivity index (χ4v) is 5.36. The molecule has 0 bridgehead atoms. The predicted octanol–water partition coefficient (Wildman–Crippen LogP) is 11.0. The van der Waals surface area contributed by atoms with Gasteiger partial charge in [-0.1, -0.05) is 129 Å². The Balaban J connectivity index is 1.45. The molecule has 0 N–H and O–H groups in total. The number of esters is 2. The first-order valence-corrected chi connectivity index (χ1v) is 16.8. The van der Waals surface area contributed by atoms with E-state index in [2.05, 4.69) is 65.8 Å². The van der Waals surface area contributed by atoms with Crippen molar-refractivity contribution in [2.75, 3.05) is 13.2 Å². The summed E-state index contributed by atoms with van der Waals surface area (Å²) in [6.45, 7) is 14.4. The number of benzene rings is 3. The van der Waals surface area contributed by atoms with Crippen LogP contribution >= 0.6 is 0 Å². The number of hydrogen-bond donors (Lipinski definition) is 0. The minimum Gasteiger partial charge on any atom is -0.462 e. The third kappa shape index (κ3) is 12.3. The Morgan fingerprint density at radius 2 is 0.750 bits per heavy atom. The van der Waals surface area contributed by atoms with Gasteiger partial charge in [0.25, 0.3) is 0 Å². The van der Waals surface area contributed by atoms with Gasteiger partial charge in [0.05, 0.1) is 24.3 Å². The molecule has 0 aromatic heterocycles. The van der Waals surface area contributed by atoms with Crippen LogP contribution in [0.4, 0.5) is 0 Å². The molecule has 2 unspecified atom stereocenters. The smallest absolute Gasteiger partial charge is 0.338 e. The van der Waals surface area contributed by atoms with Crippen LogP contribution in [0.15, 0.2) is 72.8 Å². The number of rotatable bonds is 18. The summed E-state index contributed by atoms with van der Waals surface area (Å²) in [5.74, 6) is 2.08. The van der Waals surface area contributed by atoms with Crippen molar-refractivity contribution in [1.29, 1.82) is 0 Å². The topological polar surface area (TPSA) is 52.6 Å². The standard InChI is InChI=1S/C40H54O4/c1-29(2)9-7-11-31(5)25-27-43-39(41)37-21-17-35(18-22-37)33-13-15-34(16-14-33)36-19-23-38(24-20-36)40(42)44-28-26-32(6)12-8-10-30(3)4/h13-24,29-32H,7-12,25-28H2,1-6H3. The molecule has 0 radical (unpaired) electrons. The number of carbonyl (C=O) groups excluding carboxylic acids is 2. The first-order valence-electron chi connectivity index (χ1n) is 16.8. The normalized spacial score (nSPS) is 12.7. The van der Waals surface area contributed by atoms with Gasteiger partial charge in [-0.3, -0.25) is 0 Å². The summed E-state index contributed by atoms with van der Waals surface area (Å²) >= 11 is 0. The van der Waals surface area contributed by atoms with E-state index in [1.54, 1.807) is 0 Å². The Labute approximate surface area is 266 Å². The third-order valence-corrected chi connectivity index (χ3v) is 8.44. The summed E-state index contributed by atoms with van der Waals surface area (Å²) in [4.78, 5) is 25.1. The zero-order valence-electron chi connectivity index (χ0n) is 27.9. The summed E-state index contributed by atoms with van der Waals surface area (Å²) in [5, 5.41) is 0. The van der Waals surface area contributed by atoms with Crippen LogP contribution in [-0.4, -0.2) is 25.2 Å². The molecule has 0 fully saturated rings. The van der Waals surface area contributed by atoms with Gasteiger partial charge in [-0.25, -0.2) is 9.59 Å². The highest BCUT2D eigenvalue weighted by Gasteiger charge is 2.12. The molecule has 0 amide bonds. The molecule has 238 valence electrons. The maximum absolute atomic E-state index is 12.5. The lowest BCUT2D eigenvalue weighted by molar-refractivity contribution is 0.0474. The molecule has 4 nitrogen and oxygen atoms in total. The van der Waals surface area contributed by atoms with E-state index in [0.29, 0.717) is 36.2 Å². The summed E-state index contributed by atoms with van der Waals surface area (Å²) in [5.41, 5.74) is 5.38. The predicted molar refractivity (Wildman–Crippen MR) is 183 cm³/mol. The van der Waals surface area contributed by atoms with Crippen molar-refractivity contribution in [3.63, 3.8) is 0 Å². The first-order chi connectivity index (χ1) is 21.1. The summed E-state index contributed by atoms with van der Waals surface area (Å²) in [6, 6.07) is 23.5.